The first-order valence-corrected chi connectivity index (χ1v) is 8.79. The molecule has 0 heterocycles. The molecule has 0 aliphatic rings. The van der Waals surface area contributed by atoms with Crippen LogP contribution < -0.4 is 4.74 Å². The Morgan fingerprint density at radius 2 is 1.35 bits per heavy atom. The second-order valence-electron chi connectivity index (χ2n) is 6.04. The summed E-state index contributed by atoms with van der Waals surface area (Å²) in [5, 5.41) is 0. The molecule has 0 fully saturated rings. The van der Waals surface area contributed by atoms with Gasteiger partial charge in [-0.3, -0.25) is 4.79 Å². The van der Waals surface area contributed by atoms with Gasteiger partial charge in [-0.15, -0.1) is 0 Å². The van der Waals surface area contributed by atoms with Crippen LogP contribution in [0.25, 0.3) is 0 Å². The lowest BCUT2D eigenvalue weighted by Gasteiger charge is -2.32. The van der Waals surface area contributed by atoms with E-state index < -0.39 is 0 Å². The van der Waals surface area contributed by atoms with Crippen LogP contribution in [0, 0.1) is 0 Å². The van der Waals surface area contributed by atoms with E-state index in [1.807, 2.05) is 72.5 Å². The maximum Gasteiger partial charge on any atom is 0.254 e. The average Bonchev–Trinajstić information content (AvgIpc) is 2.72. The quantitative estimate of drug-likeness (QED) is 0.633. The molecule has 1 amide bonds. The first-order chi connectivity index (χ1) is 12.7. The highest BCUT2D eigenvalue weighted by atomic mass is 16.5. The minimum atomic E-state index is -0.128. The van der Waals surface area contributed by atoms with Crippen molar-refractivity contribution in [2.45, 2.75) is 13.0 Å². The van der Waals surface area contributed by atoms with Gasteiger partial charge in [-0.1, -0.05) is 60.7 Å². The maximum atomic E-state index is 13.2. The SMILES string of the molecule is CCN(C(=O)c1ccc(OC)cc1)C(c1ccccc1)c1ccccc1. The lowest BCUT2D eigenvalue weighted by Crippen LogP contribution is -2.35. The standard InChI is InChI=1S/C23H23NO2/c1-3-24(23(25)20-14-16-21(26-2)17-15-20)22(18-10-6-4-7-11-18)19-12-8-5-9-13-19/h4-17,22H,3H2,1-2H3. The number of amides is 1. The van der Waals surface area contributed by atoms with E-state index >= 15 is 0 Å². The summed E-state index contributed by atoms with van der Waals surface area (Å²) in [5.74, 6) is 0.750. The van der Waals surface area contributed by atoms with Gasteiger partial charge in [0.1, 0.15) is 5.75 Å². The number of nitrogens with zero attached hydrogens (tertiary/aromatic N) is 1. The summed E-state index contributed by atoms with van der Waals surface area (Å²) < 4.78 is 5.20. The van der Waals surface area contributed by atoms with E-state index in [-0.39, 0.29) is 11.9 Å². The average molecular weight is 345 g/mol. The smallest absolute Gasteiger partial charge is 0.254 e. The zero-order chi connectivity index (χ0) is 18.4. The molecule has 0 atom stereocenters. The molecule has 3 aromatic carbocycles. The molecule has 0 aliphatic carbocycles. The number of carbonyl (C=O) groups is 1. The molecule has 0 unspecified atom stereocenters. The normalized spacial score (nSPS) is 10.6. The van der Waals surface area contributed by atoms with Gasteiger partial charge in [0.25, 0.3) is 5.91 Å². The zero-order valence-electron chi connectivity index (χ0n) is 15.1. The van der Waals surface area contributed by atoms with Gasteiger partial charge < -0.3 is 9.64 Å². The third-order valence-electron chi connectivity index (χ3n) is 4.48. The van der Waals surface area contributed by atoms with Crippen LogP contribution in [0.1, 0.15) is 34.5 Å². The zero-order valence-corrected chi connectivity index (χ0v) is 15.1. The van der Waals surface area contributed by atoms with Crippen LogP contribution in [0.5, 0.6) is 5.75 Å². The Morgan fingerprint density at radius 3 is 1.77 bits per heavy atom. The molecule has 0 radical (unpaired) electrons. The van der Waals surface area contributed by atoms with Crippen molar-refractivity contribution in [3.63, 3.8) is 0 Å². The van der Waals surface area contributed by atoms with Crippen molar-refractivity contribution < 1.29 is 9.53 Å². The highest BCUT2D eigenvalue weighted by Gasteiger charge is 2.26. The second kappa shape index (κ2) is 8.34. The van der Waals surface area contributed by atoms with Crippen molar-refractivity contribution in [1.29, 1.82) is 0 Å². The first-order valence-electron chi connectivity index (χ1n) is 8.79. The largest absolute Gasteiger partial charge is 0.497 e. The number of carbonyl (C=O) groups excluding carboxylic acids is 1. The Hall–Kier alpha value is -3.07. The fourth-order valence-corrected chi connectivity index (χ4v) is 3.17. The highest BCUT2D eigenvalue weighted by molar-refractivity contribution is 5.94. The van der Waals surface area contributed by atoms with Crippen molar-refractivity contribution in [3.05, 3.63) is 102 Å². The van der Waals surface area contributed by atoms with Crippen LogP contribution in [-0.2, 0) is 0 Å². The number of rotatable bonds is 6. The van der Waals surface area contributed by atoms with Gasteiger partial charge in [-0.05, 0) is 42.3 Å². The van der Waals surface area contributed by atoms with Gasteiger partial charge in [0.15, 0.2) is 0 Å². The Kier molecular flexibility index (Phi) is 5.69. The second-order valence-corrected chi connectivity index (χ2v) is 6.04. The monoisotopic (exact) mass is 345 g/mol. The topological polar surface area (TPSA) is 29.5 Å². The third-order valence-corrected chi connectivity index (χ3v) is 4.48. The van der Waals surface area contributed by atoms with E-state index in [0.29, 0.717) is 12.1 Å². The molecule has 0 saturated heterocycles. The molecule has 0 saturated carbocycles. The summed E-state index contributed by atoms with van der Waals surface area (Å²) in [6.45, 7) is 2.62. The molecule has 3 heteroatoms. The minimum Gasteiger partial charge on any atom is -0.497 e. The van der Waals surface area contributed by atoms with Crippen molar-refractivity contribution in [2.75, 3.05) is 13.7 Å². The van der Waals surface area contributed by atoms with Gasteiger partial charge in [0, 0.05) is 12.1 Å². The van der Waals surface area contributed by atoms with E-state index in [1.165, 1.54) is 0 Å². The van der Waals surface area contributed by atoms with Crippen LogP contribution in [0.15, 0.2) is 84.9 Å². The lowest BCUT2D eigenvalue weighted by molar-refractivity contribution is 0.0717. The van der Waals surface area contributed by atoms with Crippen molar-refractivity contribution in [3.8, 4) is 5.75 Å². The molecule has 132 valence electrons. The summed E-state index contributed by atoms with van der Waals surface area (Å²) in [7, 11) is 1.62. The van der Waals surface area contributed by atoms with Crippen LogP contribution in [0.2, 0.25) is 0 Å². The molecular formula is C23H23NO2. The molecular weight excluding hydrogens is 322 g/mol. The predicted octanol–water partition coefficient (Wildman–Crippen LogP) is 4.95. The van der Waals surface area contributed by atoms with Crippen molar-refractivity contribution in [2.24, 2.45) is 0 Å². The summed E-state index contributed by atoms with van der Waals surface area (Å²) in [6, 6.07) is 27.5. The summed E-state index contributed by atoms with van der Waals surface area (Å²) in [4.78, 5) is 15.2. The van der Waals surface area contributed by atoms with Crippen molar-refractivity contribution in [1.82, 2.24) is 4.90 Å². The van der Waals surface area contributed by atoms with Gasteiger partial charge in [-0.2, -0.15) is 0 Å². The number of ether oxygens (including phenoxy) is 1. The van der Waals surface area contributed by atoms with Gasteiger partial charge >= 0.3 is 0 Å². The molecule has 0 spiro atoms. The van der Waals surface area contributed by atoms with E-state index in [4.69, 9.17) is 4.74 Å². The van der Waals surface area contributed by atoms with Gasteiger partial charge in [-0.25, -0.2) is 0 Å². The fraction of sp³-hybridized carbons (Fsp3) is 0.174. The third kappa shape index (κ3) is 3.77. The van der Waals surface area contributed by atoms with Gasteiger partial charge in [0.2, 0.25) is 0 Å². The summed E-state index contributed by atoms with van der Waals surface area (Å²) in [6.07, 6.45) is 0. The van der Waals surface area contributed by atoms with Crippen LogP contribution in [-0.4, -0.2) is 24.5 Å². The van der Waals surface area contributed by atoms with Crippen molar-refractivity contribution >= 4 is 5.91 Å². The molecule has 0 aromatic heterocycles. The lowest BCUT2D eigenvalue weighted by atomic mass is 9.96. The van der Waals surface area contributed by atoms with Gasteiger partial charge in [0.05, 0.1) is 13.2 Å². The Morgan fingerprint density at radius 1 is 0.846 bits per heavy atom. The number of hydrogen-bond acceptors (Lipinski definition) is 2. The molecule has 3 aromatic rings. The van der Waals surface area contributed by atoms with E-state index in [2.05, 4.69) is 24.3 Å². The number of methoxy groups -OCH3 is 1. The molecule has 3 rings (SSSR count). The first kappa shape index (κ1) is 17.7. The molecule has 0 N–H and O–H groups in total. The van der Waals surface area contributed by atoms with Crippen LogP contribution in [0.4, 0.5) is 0 Å². The summed E-state index contributed by atoms with van der Waals surface area (Å²) in [5.41, 5.74) is 2.86. The molecule has 3 nitrogen and oxygen atoms in total. The predicted molar refractivity (Wildman–Crippen MR) is 104 cm³/mol. The fourth-order valence-electron chi connectivity index (χ4n) is 3.17. The Bertz CT molecular complexity index is 790. The molecule has 0 aliphatic heterocycles. The van der Waals surface area contributed by atoms with E-state index in [9.17, 15) is 4.79 Å². The Labute approximate surface area is 154 Å². The molecule has 26 heavy (non-hydrogen) atoms. The van der Waals surface area contributed by atoms with Crippen LogP contribution in [0.3, 0.4) is 0 Å². The highest BCUT2D eigenvalue weighted by Crippen LogP contribution is 2.30. The van der Waals surface area contributed by atoms with Crippen LogP contribution >= 0.6 is 0 Å². The maximum absolute atomic E-state index is 13.2. The van der Waals surface area contributed by atoms with E-state index in [0.717, 1.165) is 16.9 Å². The van der Waals surface area contributed by atoms with E-state index in [1.54, 1.807) is 7.11 Å². The summed E-state index contributed by atoms with van der Waals surface area (Å²) >= 11 is 0. The Balaban J connectivity index is 2.01. The molecule has 0 bridgehead atoms. The number of hydrogen-bond donors (Lipinski definition) is 0. The number of benzene rings is 3. The minimum absolute atomic E-state index is 0.00728.